The summed E-state index contributed by atoms with van der Waals surface area (Å²) in [4.78, 5) is 2.48. The van der Waals surface area contributed by atoms with Gasteiger partial charge in [-0.2, -0.15) is 0 Å². The summed E-state index contributed by atoms with van der Waals surface area (Å²) in [5.74, 6) is 1.01. The Morgan fingerprint density at radius 3 is 3.05 bits per heavy atom. The number of nitrogens with zero attached hydrogens (tertiary/aromatic N) is 1. The third-order valence-corrected chi connectivity index (χ3v) is 4.19. The smallest absolute Gasteiger partial charge is 0.124 e. The average Bonchev–Trinajstić information content (AvgIpc) is 2.89. The lowest BCUT2D eigenvalue weighted by Crippen LogP contribution is -2.49. The van der Waals surface area contributed by atoms with Crippen LogP contribution >= 0.6 is 0 Å². The quantitative estimate of drug-likeness (QED) is 0.909. The van der Waals surface area contributed by atoms with Crippen LogP contribution in [0.15, 0.2) is 24.3 Å². The van der Waals surface area contributed by atoms with Crippen LogP contribution in [0.2, 0.25) is 0 Å². The molecule has 1 N–H and O–H groups in total. The van der Waals surface area contributed by atoms with Crippen molar-refractivity contribution in [1.82, 2.24) is 10.2 Å². The van der Waals surface area contributed by atoms with Crippen molar-refractivity contribution in [3.63, 3.8) is 0 Å². The van der Waals surface area contributed by atoms with Crippen molar-refractivity contribution >= 4 is 0 Å². The topological polar surface area (TPSA) is 33.7 Å². The van der Waals surface area contributed by atoms with Crippen LogP contribution in [0.4, 0.5) is 0 Å². The molecule has 2 unspecified atom stereocenters. The number of hydrogen-bond acceptors (Lipinski definition) is 4. The third-order valence-electron chi connectivity index (χ3n) is 4.19. The Hall–Kier alpha value is -1.10. The fourth-order valence-electron chi connectivity index (χ4n) is 2.94. The molecule has 1 aromatic rings. The zero-order valence-corrected chi connectivity index (χ0v) is 12.3. The molecular weight excluding hydrogens is 252 g/mol. The molecule has 2 heterocycles. The van der Waals surface area contributed by atoms with Crippen molar-refractivity contribution in [2.24, 2.45) is 0 Å². The Morgan fingerprint density at radius 2 is 2.20 bits per heavy atom. The fraction of sp³-hybridized carbons (Fsp3) is 0.625. The number of benzene rings is 1. The van der Waals surface area contributed by atoms with Gasteiger partial charge in [-0.3, -0.25) is 4.90 Å². The number of morpholine rings is 1. The SMILES string of the molecule is CC(C)N1CCOC(CNC2COc3ccccc32)C1. The molecule has 20 heavy (non-hydrogen) atoms. The molecule has 110 valence electrons. The molecule has 2 aliphatic heterocycles. The molecule has 3 rings (SSSR count). The maximum absolute atomic E-state index is 5.86. The van der Waals surface area contributed by atoms with Crippen LogP contribution < -0.4 is 10.1 Å². The minimum absolute atomic E-state index is 0.277. The average molecular weight is 276 g/mol. The molecule has 0 aliphatic carbocycles. The second kappa shape index (κ2) is 6.12. The van der Waals surface area contributed by atoms with Gasteiger partial charge in [0.2, 0.25) is 0 Å². The van der Waals surface area contributed by atoms with E-state index in [-0.39, 0.29) is 6.10 Å². The highest BCUT2D eigenvalue weighted by molar-refractivity contribution is 5.39. The van der Waals surface area contributed by atoms with Crippen LogP contribution in [0.1, 0.15) is 25.5 Å². The van der Waals surface area contributed by atoms with Crippen LogP contribution in [0, 0.1) is 0 Å². The first-order valence-electron chi connectivity index (χ1n) is 7.55. The van der Waals surface area contributed by atoms with Gasteiger partial charge < -0.3 is 14.8 Å². The van der Waals surface area contributed by atoms with Gasteiger partial charge in [-0.1, -0.05) is 18.2 Å². The van der Waals surface area contributed by atoms with E-state index in [4.69, 9.17) is 9.47 Å². The van der Waals surface area contributed by atoms with Gasteiger partial charge in [0.15, 0.2) is 0 Å². The van der Waals surface area contributed by atoms with E-state index < -0.39 is 0 Å². The molecule has 1 aromatic carbocycles. The zero-order valence-electron chi connectivity index (χ0n) is 12.3. The fourth-order valence-corrected chi connectivity index (χ4v) is 2.94. The van der Waals surface area contributed by atoms with E-state index in [2.05, 4.69) is 36.2 Å². The molecule has 4 heteroatoms. The number of hydrogen-bond donors (Lipinski definition) is 1. The summed E-state index contributed by atoms with van der Waals surface area (Å²) >= 11 is 0. The lowest BCUT2D eigenvalue weighted by molar-refractivity contribution is -0.0383. The summed E-state index contributed by atoms with van der Waals surface area (Å²) in [7, 11) is 0. The van der Waals surface area contributed by atoms with Gasteiger partial charge in [-0.05, 0) is 19.9 Å². The monoisotopic (exact) mass is 276 g/mol. The number of nitrogens with one attached hydrogen (secondary N) is 1. The number of fused-ring (bicyclic) bond motifs is 1. The van der Waals surface area contributed by atoms with E-state index in [0.717, 1.165) is 38.6 Å². The van der Waals surface area contributed by atoms with E-state index in [0.29, 0.717) is 12.1 Å². The van der Waals surface area contributed by atoms with Gasteiger partial charge in [-0.25, -0.2) is 0 Å². The number of rotatable bonds is 4. The first-order valence-corrected chi connectivity index (χ1v) is 7.55. The Labute approximate surface area is 121 Å². The largest absolute Gasteiger partial charge is 0.491 e. The molecule has 0 radical (unpaired) electrons. The lowest BCUT2D eigenvalue weighted by Gasteiger charge is -2.36. The Bertz CT molecular complexity index is 450. The van der Waals surface area contributed by atoms with Gasteiger partial charge in [-0.15, -0.1) is 0 Å². The Kier molecular flexibility index (Phi) is 4.24. The van der Waals surface area contributed by atoms with Crippen LogP contribution in [-0.4, -0.2) is 49.9 Å². The minimum Gasteiger partial charge on any atom is -0.491 e. The predicted octanol–water partition coefficient (Wildman–Crippen LogP) is 1.82. The highest BCUT2D eigenvalue weighted by atomic mass is 16.5. The highest BCUT2D eigenvalue weighted by Crippen LogP contribution is 2.31. The van der Waals surface area contributed by atoms with Crippen LogP contribution in [0.25, 0.3) is 0 Å². The summed E-state index contributed by atoms with van der Waals surface area (Å²) in [6.07, 6.45) is 0.277. The Balaban J connectivity index is 1.53. The van der Waals surface area contributed by atoms with Crippen LogP contribution in [-0.2, 0) is 4.74 Å². The minimum atomic E-state index is 0.277. The maximum atomic E-state index is 5.86. The summed E-state index contributed by atoms with van der Waals surface area (Å²) in [6.45, 7) is 8.99. The zero-order chi connectivity index (χ0) is 13.9. The number of ether oxygens (including phenoxy) is 2. The first-order chi connectivity index (χ1) is 9.74. The van der Waals surface area contributed by atoms with Crippen molar-refractivity contribution in [3.05, 3.63) is 29.8 Å². The van der Waals surface area contributed by atoms with Gasteiger partial charge >= 0.3 is 0 Å². The van der Waals surface area contributed by atoms with E-state index in [1.807, 2.05) is 12.1 Å². The van der Waals surface area contributed by atoms with Gasteiger partial charge in [0.05, 0.1) is 18.8 Å². The van der Waals surface area contributed by atoms with E-state index in [1.54, 1.807) is 0 Å². The molecule has 0 spiro atoms. The Morgan fingerprint density at radius 1 is 1.35 bits per heavy atom. The van der Waals surface area contributed by atoms with Crippen molar-refractivity contribution in [3.8, 4) is 5.75 Å². The van der Waals surface area contributed by atoms with E-state index >= 15 is 0 Å². The summed E-state index contributed by atoms with van der Waals surface area (Å²) in [6, 6.07) is 9.16. The standard InChI is InChI=1S/C16H24N2O2/c1-12(2)18-7-8-19-13(10-18)9-17-15-11-20-16-6-4-3-5-14(15)16/h3-6,12-13,15,17H,7-11H2,1-2H3. The van der Waals surface area contributed by atoms with Crippen molar-refractivity contribution in [2.45, 2.75) is 32.0 Å². The van der Waals surface area contributed by atoms with Gasteiger partial charge in [0.1, 0.15) is 12.4 Å². The van der Waals surface area contributed by atoms with E-state index in [9.17, 15) is 0 Å². The van der Waals surface area contributed by atoms with Crippen LogP contribution in [0.5, 0.6) is 5.75 Å². The van der Waals surface area contributed by atoms with Gasteiger partial charge in [0.25, 0.3) is 0 Å². The van der Waals surface area contributed by atoms with Crippen LogP contribution in [0.3, 0.4) is 0 Å². The molecule has 1 saturated heterocycles. The van der Waals surface area contributed by atoms with Crippen molar-refractivity contribution in [1.29, 1.82) is 0 Å². The highest BCUT2D eigenvalue weighted by Gasteiger charge is 2.26. The second-order valence-electron chi connectivity index (χ2n) is 5.89. The predicted molar refractivity (Wildman–Crippen MR) is 79.1 cm³/mol. The maximum Gasteiger partial charge on any atom is 0.124 e. The summed E-state index contributed by atoms with van der Waals surface area (Å²) in [5, 5.41) is 3.59. The number of para-hydroxylation sites is 1. The van der Waals surface area contributed by atoms with Crippen molar-refractivity contribution < 1.29 is 9.47 Å². The third kappa shape index (κ3) is 2.97. The molecule has 1 fully saturated rings. The second-order valence-corrected chi connectivity index (χ2v) is 5.89. The summed E-state index contributed by atoms with van der Waals surface area (Å²) < 4.78 is 11.6. The normalized spacial score (nSPS) is 26.6. The van der Waals surface area contributed by atoms with Crippen molar-refractivity contribution in [2.75, 3.05) is 32.8 Å². The molecule has 0 amide bonds. The molecule has 4 nitrogen and oxygen atoms in total. The van der Waals surface area contributed by atoms with E-state index in [1.165, 1.54) is 5.56 Å². The molecule has 2 aliphatic rings. The molecule has 2 atom stereocenters. The molecule has 0 aromatic heterocycles. The van der Waals surface area contributed by atoms with Gasteiger partial charge in [0, 0.05) is 31.2 Å². The molecule has 0 bridgehead atoms. The molecular formula is C16H24N2O2. The molecule has 0 saturated carbocycles. The first kappa shape index (κ1) is 13.9. The summed E-state index contributed by atoms with van der Waals surface area (Å²) in [5.41, 5.74) is 1.27. The lowest BCUT2D eigenvalue weighted by atomic mass is 10.1.